The molecule has 92 valence electrons. The van der Waals surface area contributed by atoms with Gasteiger partial charge in [0.1, 0.15) is 5.69 Å². The summed E-state index contributed by atoms with van der Waals surface area (Å²) >= 11 is 1.02. The minimum Gasteiger partial charge on any atom is -0.390 e. The van der Waals surface area contributed by atoms with Crippen LogP contribution in [0.15, 0.2) is 5.38 Å². The first kappa shape index (κ1) is 12.0. The molecule has 9 heteroatoms. The average molecular weight is 264 g/mol. The van der Waals surface area contributed by atoms with Gasteiger partial charge < -0.3 is 5.11 Å². The minimum atomic E-state index is -4.64. The Morgan fingerprint density at radius 2 is 2.18 bits per heavy atom. The first-order chi connectivity index (χ1) is 7.93. The molecule has 0 aromatic carbocycles. The van der Waals surface area contributed by atoms with Crippen molar-refractivity contribution in [1.29, 1.82) is 0 Å². The Morgan fingerprint density at radius 3 is 2.65 bits per heavy atom. The van der Waals surface area contributed by atoms with Crippen LogP contribution >= 0.6 is 11.3 Å². The highest BCUT2D eigenvalue weighted by Crippen LogP contribution is 2.33. The summed E-state index contributed by atoms with van der Waals surface area (Å²) in [6.07, 6.45) is -4.64. The SMILES string of the molecule is Cc1csc(-n2nnc(CO)c2C(F)(F)F)n1. The van der Waals surface area contributed by atoms with Gasteiger partial charge in [0.05, 0.1) is 12.3 Å². The zero-order valence-electron chi connectivity index (χ0n) is 8.56. The number of aromatic nitrogens is 4. The third-order valence-electron chi connectivity index (χ3n) is 1.95. The lowest BCUT2D eigenvalue weighted by Gasteiger charge is -2.07. The average Bonchev–Trinajstić information content (AvgIpc) is 2.81. The monoisotopic (exact) mass is 264 g/mol. The number of aliphatic hydroxyl groups excluding tert-OH is 1. The van der Waals surface area contributed by atoms with Crippen molar-refractivity contribution < 1.29 is 18.3 Å². The van der Waals surface area contributed by atoms with E-state index in [9.17, 15) is 13.2 Å². The molecule has 0 bridgehead atoms. The fourth-order valence-corrected chi connectivity index (χ4v) is 2.03. The molecule has 1 N–H and O–H groups in total. The van der Waals surface area contributed by atoms with Crippen LogP contribution in [0.5, 0.6) is 0 Å². The van der Waals surface area contributed by atoms with E-state index in [4.69, 9.17) is 5.11 Å². The van der Waals surface area contributed by atoms with Gasteiger partial charge in [-0.2, -0.15) is 17.9 Å². The van der Waals surface area contributed by atoms with Crippen LogP contribution in [0.2, 0.25) is 0 Å². The van der Waals surface area contributed by atoms with Crippen LogP contribution in [-0.2, 0) is 12.8 Å². The van der Waals surface area contributed by atoms with Gasteiger partial charge in [-0.15, -0.1) is 16.4 Å². The van der Waals surface area contributed by atoms with Gasteiger partial charge in [0.15, 0.2) is 5.69 Å². The van der Waals surface area contributed by atoms with Crippen LogP contribution in [0, 0.1) is 6.92 Å². The summed E-state index contributed by atoms with van der Waals surface area (Å²) in [5, 5.41) is 17.2. The molecular formula is C8H7F3N4OS. The molecule has 0 saturated heterocycles. The van der Waals surface area contributed by atoms with Crippen LogP contribution in [0.3, 0.4) is 0 Å². The number of hydrogen-bond acceptors (Lipinski definition) is 5. The quantitative estimate of drug-likeness (QED) is 0.893. The second kappa shape index (κ2) is 4.08. The summed E-state index contributed by atoms with van der Waals surface area (Å²) in [6, 6.07) is 0. The smallest absolute Gasteiger partial charge is 0.390 e. The van der Waals surface area contributed by atoms with Crippen LogP contribution in [0.25, 0.3) is 5.13 Å². The molecule has 0 aliphatic heterocycles. The second-order valence-corrected chi connectivity index (χ2v) is 4.06. The van der Waals surface area contributed by atoms with Gasteiger partial charge >= 0.3 is 6.18 Å². The molecular weight excluding hydrogens is 257 g/mol. The van der Waals surface area contributed by atoms with Gasteiger partial charge in [-0.05, 0) is 6.92 Å². The Hall–Kier alpha value is -1.48. The molecule has 2 rings (SSSR count). The van der Waals surface area contributed by atoms with E-state index in [1.807, 2.05) is 0 Å². The Kier molecular flexibility index (Phi) is 2.87. The summed E-state index contributed by atoms with van der Waals surface area (Å²) in [7, 11) is 0. The molecule has 0 spiro atoms. The fraction of sp³-hybridized carbons (Fsp3) is 0.375. The van der Waals surface area contributed by atoms with E-state index in [-0.39, 0.29) is 5.13 Å². The third-order valence-corrected chi connectivity index (χ3v) is 2.88. The molecule has 0 aliphatic carbocycles. The van der Waals surface area contributed by atoms with E-state index in [0.717, 1.165) is 11.3 Å². The largest absolute Gasteiger partial charge is 0.435 e. The molecule has 0 unspecified atom stereocenters. The number of alkyl halides is 3. The van der Waals surface area contributed by atoms with Crippen LogP contribution in [0.4, 0.5) is 13.2 Å². The highest BCUT2D eigenvalue weighted by Gasteiger charge is 2.40. The van der Waals surface area contributed by atoms with Gasteiger partial charge in [0, 0.05) is 5.38 Å². The van der Waals surface area contributed by atoms with Gasteiger partial charge in [0.25, 0.3) is 0 Å². The maximum absolute atomic E-state index is 12.8. The molecule has 0 amide bonds. The molecule has 2 aromatic heterocycles. The van der Waals surface area contributed by atoms with Crippen molar-refractivity contribution in [3.8, 4) is 5.13 Å². The van der Waals surface area contributed by atoms with Gasteiger partial charge in [-0.3, -0.25) is 0 Å². The molecule has 0 atom stereocenters. The normalized spacial score (nSPS) is 12.1. The lowest BCUT2D eigenvalue weighted by atomic mass is 10.3. The number of thiazole rings is 1. The van der Waals surface area contributed by atoms with Crippen LogP contribution in [0.1, 0.15) is 17.1 Å². The number of aryl methyl sites for hydroxylation is 1. The highest BCUT2D eigenvalue weighted by atomic mass is 32.1. The molecule has 17 heavy (non-hydrogen) atoms. The number of aliphatic hydroxyl groups is 1. The first-order valence-corrected chi connectivity index (χ1v) is 5.36. The van der Waals surface area contributed by atoms with Gasteiger partial charge in [-0.1, -0.05) is 5.21 Å². The number of halogens is 3. The highest BCUT2D eigenvalue weighted by molar-refractivity contribution is 7.12. The van der Waals surface area contributed by atoms with E-state index in [1.165, 1.54) is 0 Å². The molecule has 5 nitrogen and oxygen atoms in total. The van der Waals surface area contributed by atoms with Crippen LogP contribution in [-0.4, -0.2) is 25.1 Å². The minimum absolute atomic E-state index is 0.0713. The summed E-state index contributed by atoms with van der Waals surface area (Å²) in [6.45, 7) is 0.844. The van der Waals surface area contributed by atoms with Crippen molar-refractivity contribution in [2.75, 3.05) is 0 Å². The van der Waals surface area contributed by atoms with Crippen molar-refractivity contribution in [1.82, 2.24) is 20.0 Å². The number of rotatable bonds is 2. The topological polar surface area (TPSA) is 63.8 Å². The molecule has 0 fully saturated rings. The molecule has 0 saturated carbocycles. The lowest BCUT2D eigenvalue weighted by Crippen LogP contribution is -2.15. The van der Waals surface area contributed by atoms with Crippen molar-refractivity contribution in [3.05, 3.63) is 22.5 Å². The maximum atomic E-state index is 12.8. The molecule has 0 aliphatic rings. The Labute approximate surface area is 97.5 Å². The van der Waals surface area contributed by atoms with E-state index < -0.39 is 24.2 Å². The molecule has 2 heterocycles. The molecule has 0 radical (unpaired) electrons. The summed E-state index contributed by atoms with van der Waals surface area (Å²) in [5.41, 5.74) is -1.00. The lowest BCUT2D eigenvalue weighted by molar-refractivity contribution is -0.143. The van der Waals surface area contributed by atoms with E-state index in [2.05, 4.69) is 15.3 Å². The predicted octanol–water partition coefficient (Wildman–Crippen LogP) is 1.54. The van der Waals surface area contributed by atoms with Crippen molar-refractivity contribution >= 4 is 11.3 Å². The summed E-state index contributed by atoms with van der Waals surface area (Å²) < 4.78 is 39.0. The maximum Gasteiger partial charge on any atom is 0.435 e. The fourth-order valence-electron chi connectivity index (χ4n) is 1.28. The zero-order valence-corrected chi connectivity index (χ0v) is 9.38. The van der Waals surface area contributed by atoms with Crippen LogP contribution < -0.4 is 0 Å². The van der Waals surface area contributed by atoms with Crippen molar-refractivity contribution in [2.45, 2.75) is 19.7 Å². The van der Waals surface area contributed by atoms with E-state index in [1.54, 1.807) is 12.3 Å². The standard InChI is InChI=1S/C8H7F3N4OS/c1-4-3-17-7(12-4)15-6(8(9,10)11)5(2-16)13-14-15/h3,16H,2H2,1H3. The summed E-state index contributed by atoms with van der Waals surface area (Å²) in [5.74, 6) is 0. The Morgan fingerprint density at radius 1 is 1.47 bits per heavy atom. The first-order valence-electron chi connectivity index (χ1n) is 4.48. The summed E-state index contributed by atoms with van der Waals surface area (Å²) in [4.78, 5) is 3.90. The van der Waals surface area contributed by atoms with E-state index >= 15 is 0 Å². The van der Waals surface area contributed by atoms with Gasteiger partial charge in [-0.25, -0.2) is 4.98 Å². The second-order valence-electron chi connectivity index (χ2n) is 3.22. The van der Waals surface area contributed by atoms with Crippen molar-refractivity contribution in [2.24, 2.45) is 0 Å². The van der Waals surface area contributed by atoms with E-state index in [0.29, 0.717) is 10.4 Å². The Bertz CT molecular complexity index is 533. The van der Waals surface area contributed by atoms with Gasteiger partial charge in [0.2, 0.25) is 5.13 Å². The van der Waals surface area contributed by atoms with Crippen molar-refractivity contribution in [3.63, 3.8) is 0 Å². The third kappa shape index (κ3) is 2.15. The predicted molar refractivity (Wildman–Crippen MR) is 52.7 cm³/mol. The Balaban J connectivity index is 2.59. The zero-order chi connectivity index (χ0) is 12.6. The number of hydrogen-bond donors (Lipinski definition) is 1. The molecule has 2 aromatic rings. The number of nitrogens with zero attached hydrogens (tertiary/aromatic N) is 4.